The van der Waals surface area contributed by atoms with Gasteiger partial charge in [0.15, 0.2) is 0 Å². The van der Waals surface area contributed by atoms with Crippen LogP contribution in [0.25, 0.3) is 0 Å². The number of benzene rings is 3. The molecule has 0 radical (unpaired) electrons. The predicted molar refractivity (Wildman–Crippen MR) is 136 cm³/mol. The van der Waals surface area contributed by atoms with Crippen LogP contribution in [0.4, 0.5) is 11.4 Å². The van der Waals surface area contributed by atoms with Gasteiger partial charge in [0, 0.05) is 5.02 Å². The van der Waals surface area contributed by atoms with Crippen molar-refractivity contribution < 1.29 is 18.0 Å². The summed E-state index contributed by atoms with van der Waals surface area (Å²) in [5.74, 6) is -1.04. The zero-order valence-electron chi connectivity index (χ0n) is 18.5. The Bertz CT molecular complexity index is 1300. The number of hydrogen-bond acceptors (Lipinski definition) is 4. The smallest absolute Gasteiger partial charge is 0.253 e. The van der Waals surface area contributed by atoms with Gasteiger partial charge in [-0.1, -0.05) is 65.7 Å². The first-order chi connectivity index (χ1) is 16.1. The second-order valence-corrected chi connectivity index (χ2v) is 10.3. The number of carbonyl (C=O) groups excluding carboxylic acids is 2. The lowest BCUT2D eigenvalue weighted by Crippen LogP contribution is -2.38. The molecule has 0 aliphatic rings. The maximum atomic E-state index is 12.9. The zero-order valence-corrected chi connectivity index (χ0v) is 20.8. The van der Waals surface area contributed by atoms with Crippen molar-refractivity contribution in [3.05, 3.63) is 94.0 Å². The highest BCUT2D eigenvalue weighted by Crippen LogP contribution is 2.30. The Morgan fingerprint density at radius 3 is 2.29 bits per heavy atom. The standard InChI is InChI=1S/C24H23Cl2N3O4S/c1-16(17-8-4-3-5-9-17)27-24(31)19-10-6-7-11-21(19)28-23(30)15-29(34(2,32)33)22-14-18(25)12-13-20(22)26/h3-14,16H,15H2,1-2H3,(H,27,31)(H,28,30)/t16-/m1/s1. The van der Waals surface area contributed by atoms with Crippen molar-refractivity contribution in [2.45, 2.75) is 13.0 Å². The van der Waals surface area contributed by atoms with Gasteiger partial charge in [0.25, 0.3) is 5.91 Å². The molecule has 178 valence electrons. The van der Waals surface area contributed by atoms with E-state index in [1.54, 1.807) is 24.3 Å². The lowest BCUT2D eigenvalue weighted by Gasteiger charge is -2.23. The van der Waals surface area contributed by atoms with Crippen molar-refractivity contribution in [1.29, 1.82) is 0 Å². The third-order valence-corrected chi connectivity index (χ3v) is 6.64. The number of halogens is 2. The number of sulfonamides is 1. The van der Waals surface area contributed by atoms with Crippen molar-refractivity contribution >= 4 is 56.4 Å². The van der Waals surface area contributed by atoms with Gasteiger partial charge in [-0.15, -0.1) is 0 Å². The summed E-state index contributed by atoms with van der Waals surface area (Å²) in [6.07, 6.45) is 0.962. The molecule has 0 fully saturated rings. The molecule has 3 rings (SSSR count). The molecule has 1 atom stereocenters. The summed E-state index contributed by atoms with van der Waals surface area (Å²) in [4.78, 5) is 25.7. The second kappa shape index (κ2) is 10.9. The monoisotopic (exact) mass is 519 g/mol. The summed E-state index contributed by atoms with van der Waals surface area (Å²) in [6, 6.07) is 20.0. The summed E-state index contributed by atoms with van der Waals surface area (Å²) < 4.78 is 25.6. The van der Waals surface area contributed by atoms with Crippen molar-refractivity contribution in [2.24, 2.45) is 0 Å². The molecule has 0 unspecified atom stereocenters. The third kappa shape index (κ3) is 6.50. The number of amides is 2. The van der Waals surface area contributed by atoms with Crippen molar-refractivity contribution in [1.82, 2.24) is 5.32 Å². The van der Waals surface area contributed by atoms with E-state index in [1.165, 1.54) is 18.2 Å². The first-order valence-corrected chi connectivity index (χ1v) is 12.8. The van der Waals surface area contributed by atoms with E-state index in [2.05, 4.69) is 10.6 Å². The molecule has 0 aliphatic heterocycles. The van der Waals surface area contributed by atoms with Crippen molar-refractivity contribution in [3.63, 3.8) is 0 Å². The number of para-hydroxylation sites is 1. The fourth-order valence-electron chi connectivity index (χ4n) is 3.27. The molecule has 0 saturated heterocycles. The number of nitrogens with one attached hydrogen (secondary N) is 2. The van der Waals surface area contributed by atoms with Crippen LogP contribution in [0.2, 0.25) is 10.0 Å². The molecule has 0 saturated carbocycles. The molecule has 0 aliphatic carbocycles. The van der Waals surface area contributed by atoms with Crippen LogP contribution in [0.1, 0.15) is 28.9 Å². The molecular weight excluding hydrogens is 497 g/mol. The van der Waals surface area contributed by atoms with Crippen LogP contribution in [0.15, 0.2) is 72.8 Å². The van der Waals surface area contributed by atoms with Gasteiger partial charge in [0.05, 0.1) is 34.3 Å². The molecule has 2 N–H and O–H groups in total. The topological polar surface area (TPSA) is 95.6 Å². The molecule has 0 bridgehead atoms. The van der Waals surface area contributed by atoms with E-state index in [9.17, 15) is 18.0 Å². The summed E-state index contributed by atoms with van der Waals surface area (Å²) in [7, 11) is -3.87. The first-order valence-electron chi connectivity index (χ1n) is 10.2. The number of rotatable bonds is 8. The Morgan fingerprint density at radius 1 is 0.971 bits per heavy atom. The number of carbonyl (C=O) groups is 2. The van der Waals surface area contributed by atoms with Crippen LogP contribution in [0, 0.1) is 0 Å². The highest BCUT2D eigenvalue weighted by molar-refractivity contribution is 7.92. The van der Waals surface area contributed by atoms with Crippen LogP contribution < -0.4 is 14.9 Å². The average Bonchev–Trinajstić information content (AvgIpc) is 2.79. The number of hydrogen-bond donors (Lipinski definition) is 2. The first kappa shape index (κ1) is 25.6. The van der Waals surface area contributed by atoms with Crippen LogP contribution in [-0.2, 0) is 14.8 Å². The van der Waals surface area contributed by atoms with E-state index in [0.29, 0.717) is 0 Å². The number of nitrogens with zero attached hydrogens (tertiary/aromatic N) is 1. The maximum absolute atomic E-state index is 12.9. The lowest BCUT2D eigenvalue weighted by atomic mass is 10.1. The lowest BCUT2D eigenvalue weighted by molar-refractivity contribution is -0.114. The summed E-state index contributed by atoms with van der Waals surface area (Å²) in [6.45, 7) is 1.29. The Balaban J connectivity index is 1.79. The SMILES string of the molecule is C[C@@H](NC(=O)c1ccccc1NC(=O)CN(c1cc(Cl)ccc1Cl)S(C)(=O)=O)c1ccccc1. The summed E-state index contributed by atoms with van der Waals surface area (Å²) >= 11 is 12.2. The molecule has 3 aromatic carbocycles. The average molecular weight is 520 g/mol. The van der Waals surface area contributed by atoms with E-state index in [0.717, 1.165) is 16.1 Å². The number of anilines is 2. The Kier molecular flexibility index (Phi) is 8.19. The molecule has 0 spiro atoms. The molecule has 34 heavy (non-hydrogen) atoms. The van der Waals surface area contributed by atoms with E-state index in [4.69, 9.17) is 23.2 Å². The molecule has 2 amide bonds. The van der Waals surface area contributed by atoms with Gasteiger partial charge in [-0.05, 0) is 42.8 Å². The van der Waals surface area contributed by atoms with Gasteiger partial charge in [0.1, 0.15) is 6.54 Å². The molecule has 3 aromatic rings. The fourth-order valence-corrected chi connectivity index (χ4v) is 4.56. The van der Waals surface area contributed by atoms with E-state index in [1.807, 2.05) is 37.3 Å². The second-order valence-electron chi connectivity index (χ2n) is 7.56. The quantitative estimate of drug-likeness (QED) is 0.442. The van der Waals surface area contributed by atoms with Gasteiger partial charge in [-0.3, -0.25) is 13.9 Å². The maximum Gasteiger partial charge on any atom is 0.253 e. The summed E-state index contributed by atoms with van der Waals surface area (Å²) in [5.41, 5.74) is 1.50. The minimum atomic E-state index is -3.87. The Hall–Kier alpha value is -3.07. The predicted octanol–water partition coefficient (Wildman–Crippen LogP) is 4.89. The fraction of sp³-hybridized carbons (Fsp3) is 0.167. The van der Waals surface area contributed by atoms with Crippen LogP contribution in [-0.4, -0.2) is 33.0 Å². The van der Waals surface area contributed by atoms with Crippen molar-refractivity contribution in [2.75, 3.05) is 22.4 Å². The molecule has 10 heteroatoms. The zero-order chi connectivity index (χ0) is 24.9. The minimum Gasteiger partial charge on any atom is -0.345 e. The molecule has 0 heterocycles. The largest absolute Gasteiger partial charge is 0.345 e. The normalized spacial score (nSPS) is 12.0. The molecule has 0 aromatic heterocycles. The van der Waals surface area contributed by atoms with Crippen LogP contribution >= 0.6 is 23.2 Å². The van der Waals surface area contributed by atoms with Gasteiger partial charge in [-0.2, -0.15) is 0 Å². The third-order valence-electron chi connectivity index (χ3n) is 4.96. The van der Waals surface area contributed by atoms with Gasteiger partial charge in [0.2, 0.25) is 15.9 Å². The van der Waals surface area contributed by atoms with Gasteiger partial charge < -0.3 is 10.6 Å². The minimum absolute atomic E-state index is 0.0783. The van der Waals surface area contributed by atoms with Gasteiger partial charge in [-0.25, -0.2) is 8.42 Å². The highest BCUT2D eigenvalue weighted by atomic mass is 35.5. The molecule has 7 nitrogen and oxygen atoms in total. The van der Waals surface area contributed by atoms with Crippen molar-refractivity contribution in [3.8, 4) is 0 Å². The van der Waals surface area contributed by atoms with E-state index < -0.39 is 22.5 Å². The summed E-state index contributed by atoms with van der Waals surface area (Å²) in [5, 5.41) is 5.92. The van der Waals surface area contributed by atoms with E-state index in [-0.39, 0.29) is 38.9 Å². The Labute approximate surface area is 208 Å². The highest BCUT2D eigenvalue weighted by Gasteiger charge is 2.24. The van der Waals surface area contributed by atoms with Crippen LogP contribution in [0.3, 0.4) is 0 Å². The van der Waals surface area contributed by atoms with Gasteiger partial charge >= 0.3 is 0 Å². The Morgan fingerprint density at radius 2 is 1.62 bits per heavy atom. The van der Waals surface area contributed by atoms with Crippen LogP contribution in [0.5, 0.6) is 0 Å². The van der Waals surface area contributed by atoms with E-state index >= 15 is 0 Å². The molecular formula is C24H23Cl2N3O4S.